The Morgan fingerprint density at radius 1 is 1.07 bits per heavy atom. The Kier molecular flexibility index (Phi) is 6.32. The molecule has 0 aliphatic carbocycles. The van der Waals surface area contributed by atoms with Gasteiger partial charge in [0.1, 0.15) is 4.90 Å². The Bertz CT molecular complexity index is 1020. The second kappa shape index (κ2) is 8.32. The van der Waals surface area contributed by atoms with Gasteiger partial charge in [-0.1, -0.05) is 24.3 Å². The normalized spacial score (nSPS) is 12.1. The summed E-state index contributed by atoms with van der Waals surface area (Å²) in [5.41, 5.74) is -0.458. The number of nitrogens with one attached hydrogen (secondary N) is 2. The highest BCUT2D eigenvalue weighted by Crippen LogP contribution is 2.23. The molecule has 0 unspecified atom stereocenters. The summed E-state index contributed by atoms with van der Waals surface area (Å²) in [7, 11) is -3.86. The van der Waals surface area contributed by atoms with Crippen molar-refractivity contribution < 1.29 is 18.1 Å². The van der Waals surface area contributed by atoms with Gasteiger partial charge in [-0.25, -0.2) is 13.1 Å². The van der Waals surface area contributed by atoms with E-state index in [4.69, 9.17) is 0 Å². The van der Waals surface area contributed by atoms with Crippen LogP contribution in [0.2, 0.25) is 0 Å². The lowest BCUT2D eigenvalue weighted by Crippen LogP contribution is -2.40. The minimum Gasteiger partial charge on any atom is -0.321 e. The first kappa shape index (κ1) is 21.3. The summed E-state index contributed by atoms with van der Waals surface area (Å²) in [4.78, 5) is 22.7. The molecule has 2 N–H and O–H groups in total. The Hall–Kier alpha value is -3.04. The number of nitrogens with zero attached hydrogens (tertiary/aromatic N) is 1. The third-order valence-corrected chi connectivity index (χ3v) is 5.24. The number of para-hydroxylation sites is 2. The molecule has 8 nitrogen and oxygen atoms in total. The highest BCUT2D eigenvalue weighted by molar-refractivity contribution is 7.89. The fraction of sp³-hybridized carbons (Fsp3) is 0.211. The van der Waals surface area contributed by atoms with E-state index < -0.39 is 26.4 Å². The van der Waals surface area contributed by atoms with Crippen molar-refractivity contribution in [2.45, 2.75) is 31.2 Å². The van der Waals surface area contributed by atoms with E-state index in [9.17, 15) is 23.3 Å². The average molecular weight is 403 g/mol. The smallest absolute Gasteiger partial charge is 0.276 e. The lowest BCUT2D eigenvalue weighted by Gasteiger charge is -2.21. The van der Waals surface area contributed by atoms with Crippen molar-refractivity contribution in [3.8, 4) is 0 Å². The Morgan fingerprint density at radius 3 is 2.32 bits per heavy atom. The first-order chi connectivity index (χ1) is 13.0. The van der Waals surface area contributed by atoms with Crippen molar-refractivity contribution in [3.05, 3.63) is 70.3 Å². The van der Waals surface area contributed by atoms with Gasteiger partial charge in [0.05, 0.1) is 16.2 Å². The van der Waals surface area contributed by atoms with Gasteiger partial charge in [-0.2, -0.15) is 0 Å². The number of anilines is 1. The highest BCUT2D eigenvalue weighted by Gasteiger charge is 2.24. The minimum atomic E-state index is -3.86. The van der Waals surface area contributed by atoms with Gasteiger partial charge >= 0.3 is 0 Å². The van der Waals surface area contributed by atoms with E-state index in [1.807, 2.05) is 0 Å². The molecule has 28 heavy (non-hydrogen) atoms. The van der Waals surface area contributed by atoms with Crippen LogP contribution >= 0.6 is 0 Å². The second-order valence-corrected chi connectivity index (χ2v) is 8.64. The topological polar surface area (TPSA) is 118 Å². The molecule has 0 aliphatic rings. The fourth-order valence-electron chi connectivity index (χ4n) is 2.40. The predicted octanol–water partition coefficient (Wildman–Crippen LogP) is 3.32. The molecule has 0 spiro atoms. The summed E-state index contributed by atoms with van der Waals surface area (Å²) in [6.45, 7) is 5.13. The molecule has 0 radical (unpaired) electrons. The zero-order valence-corrected chi connectivity index (χ0v) is 16.5. The van der Waals surface area contributed by atoms with E-state index in [1.54, 1.807) is 39.0 Å². The number of nitro groups is 1. The number of rotatable bonds is 6. The van der Waals surface area contributed by atoms with E-state index in [0.717, 1.165) is 6.08 Å². The van der Waals surface area contributed by atoms with E-state index in [2.05, 4.69) is 10.0 Å². The Labute approximate surface area is 163 Å². The summed E-state index contributed by atoms with van der Waals surface area (Å²) in [6.07, 6.45) is 2.42. The van der Waals surface area contributed by atoms with Crippen molar-refractivity contribution in [3.63, 3.8) is 0 Å². The van der Waals surface area contributed by atoms with Gasteiger partial charge in [0.25, 0.3) is 5.69 Å². The predicted molar refractivity (Wildman–Crippen MR) is 107 cm³/mol. The maximum atomic E-state index is 12.6. The lowest BCUT2D eigenvalue weighted by molar-refractivity contribution is -0.385. The summed E-state index contributed by atoms with van der Waals surface area (Å²) in [5, 5.41) is 13.5. The summed E-state index contributed by atoms with van der Waals surface area (Å²) >= 11 is 0. The molecule has 9 heteroatoms. The first-order valence-electron chi connectivity index (χ1n) is 8.35. The number of amides is 1. The van der Waals surface area contributed by atoms with Gasteiger partial charge in [0.2, 0.25) is 15.9 Å². The van der Waals surface area contributed by atoms with Crippen LogP contribution in [0.4, 0.5) is 11.4 Å². The zero-order chi connectivity index (χ0) is 20.9. The van der Waals surface area contributed by atoms with E-state index in [1.165, 1.54) is 36.4 Å². The van der Waals surface area contributed by atoms with Crippen LogP contribution in [0.3, 0.4) is 0 Å². The molecule has 0 fully saturated rings. The molecule has 0 heterocycles. The van der Waals surface area contributed by atoms with Crippen LogP contribution in [0.1, 0.15) is 26.3 Å². The van der Waals surface area contributed by atoms with Gasteiger partial charge in [0, 0.05) is 17.7 Å². The van der Waals surface area contributed by atoms with Gasteiger partial charge in [-0.15, -0.1) is 0 Å². The molecule has 0 aliphatic heterocycles. The van der Waals surface area contributed by atoms with Crippen molar-refractivity contribution in [1.29, 1.82) is 0 Å². The van der Waals surface area contributed by atoms with Gasteiger partial charge in [-0.3, -0.25) is 14.9 Å². The average Bonchev–Trinajstić information content (AvgIpc) is 2.58. The minimum absolute atomic E-state index is 0.0719. The van der Waals surface area contributed by atoms with Crippen LogP contribution < -0.4 is 10.0 Å². The van der Waals surface area contributed by atoms with Crippen molar-refractivity contribution >= 4 is 33.4 Å². The van der Waals surface area contributed by atoms with E-state index in [0.29, 0.717) is 0 Å². The zero-order valence-electron chi connectivity index (χ0n) is 15.7. The number of hydrogen-bond donors (Lipinski definition) is 2. The van der Waals surface area contributed by atoms with Crippen LogP contribution in [0, 0.1) is 10.1 Å². The number of hydrogen-bond acceptors (Lipinski definition) is 5. The lowest BCUT2D eigenvalue weighted by atomic mass is 10.1. The number of carbonyl (C=O) groups is 1. The molecule has 0 atom stereocenters. The number of nitro benzene ring substituents is 1. The maximum Gasteiger partial charge on any atom is 0.276 e. The summed E-state index contributed by atoms with van der Waals surface area (Å²) in [5.74, 6) is -0.614. The molecule has 0 aromatic heterocycles. The molecule has 2 aromatic rings. The fourth-order valence-corrected chi connectivity index (χ4v) is 3.98. The van der Waals surface area contributed by atoms with Crippen LogP contribution in [0.25, 0.3) is 6.08 Å². The quantitative estimate of drug-likeness (QED) is 0.436. The molecule has 2 rings (SSSR count). The molecular weight excluding hydrogens is 382 g/mol. The van der Waals surface area contributed by atoms with Gasteiger partial charge in [0.15, 0.2) is 0 Å². The third-order valence-electron chi connectivity index (χ3n) is 3.42. The SMILES string of the molecule is CC(C)(C)NS(=O)(=O)c1ccccc1NC(=O)/C=C/c1ccccc1[N+](=O)[O-]. The van der Waals surface area contributed by atoms with Crippen molar-refractivity contribution in [2.75, 3.05) is 5.32 Å². The second-order valence-electron chi connectivity index (χ2n) is 6.99. The summed E-state index contributed by atoms with van der Waals surface area (Å²) in [6, 6.07) is 12.0. The van der Waals surface area contributed by atoms with Crippen LogP contribution in [-0.4, -0.2) is 24.8 Å². The molecular formula is C19H21N3O5S. The molecule has 2 aromatic carbocycles. The van der Waals surface area contributed by atoms with Gasteiger partial charge < -0.3 is 5.32 Å². The molecule has 0 saturated carbocycles. The van der Waals surface area contributed by atoms with Crippen LogP contribution in [-0.2, 0) is 14.8 Å². The summed E-state index contributed by atoms with van der Waals surface area (Å²) < 4.78 is 27.7. The largest absolute Gasteiger partial charge is 0.321 e. The number of carbonyl (C=O) groups excluding carboxylic acids is 1. The number of benzene rings is 2. The molecule has 0 bridgehead atoms. The number of sulfonamides is 1. The van der Waals surface area contributed by atoms with Gasteiger partial charge in [-0.05, 0) is 45.0 Å². The first-order valence-corrected chi connectivity index (χ1v) is 9.83. The molecule has 148 valence electrons. The Balaban J connectivity index is 2.26. The maximum absolute atomic E-state index is 12.6. The standard InChI is InChI=1S/C19H21N3O5S/c1-19(2,3)21-28(26,27)17-11-7-5-9-15(17)20-18(23)13-12-14-8-4-6-10-16(14)22(24)25/h4-13,21H,1-3H3,(H,20,23)/b13-12+. The van der Waals surface area contributed by atoms with Crippen molar-refractivity contribution in [2.24, 2.45) is 0 Å². The third kappa shape index (κ3) is 5.73. The van der Waals surface area contributed by atoms with E-state index in [-0.39, 0.29) is 21.8 Å². The van der Waals surface area contributed by atoms with Crippen molar-refractivity contribution in [1.82, 2.24) is 4.72 Å². The van der Waals surface area contributed by atoms with Crippen LogP contribution in [0.5, 0.6) is 0 Å². The molecule has 0 saturated heterocycles. The highest BCUT2D eigenvalue weighted by atomic mass is 32.2. The monoisotopic (exact) mass is 403 g/mol. The van der Waals surface area contributed by atoms with Crippen LogP contribution in [0.15, 0.2) is 59.5 Å². The van der Waals surface area contributed by atoms with E-state index >= 15 is 0 Å². The Morgan fingerprint density at radius 2 is 1.68 bits per heavy atom. The molecule has 1 amide bonds.